The Balaban J connectivity index is 2.51. The van der Waals surface area contributed by atoms with Crippen LogP contribution in [0.2, 0.25) is 0 Å². The van der Waals surface area contributed by atoms with Crippen LogP contribution in [0.3, 0.4) is 0 Å². The Hall–Kier alpha value is -1.08. The van der Waals surface area contributed by atoms with Crippen molar-refractivity contribution in [3.8, 4) is 0 Å². The molecular formula is C12H21F3N4. The van der Waals surface area contributed by atoms with E-state index in [1.54, 1.807) is 0 Å². The molecule has 0 aliphatic heterocycles. The third-order valence-corrected chi connectivity index (χ3v) is 3.10. The Kier molecular flexibility index (Phi) is 5.81. The molecule has 1 rings (SSSR count). The van der Waals surface area contributed by atoms with Crippen LogP contribution in [0.1, 0.15) is 25.1 Å². The van der Waals surface area contributed by atoms with Gasteiger partial charge in [0.1, 0.15) is 5.69 Å². The summed E-state index contributed by atoms with van der Waals surface area (Å²) in [6.45, 7) is 7.68. The van der Waals surface area contributed by atoms with Crippen LogP contribution in [0.5, 0.6) is 0 Å². The topological polar surface area (TPSA) is 33.1 Å². The molecule has 0 spiro atoms. The lowest BCUT2D eigenvalue weighted by atomic mass is 10.2. The van der Waals surface area contributed by atoms with E-state index in [0.717, 1.165) is 24.3 Å². The fourth-order valence-corrected chi connectivity index (χ4v) is 1.98. The summed E-state index contributed by atoms with van der Waals surface area (Å²) in [6.07, 6.45) is -3.09. The van der Waals surface area contributed by atoms with Crippen LogP contribution in [0, 0.1) is 0 Å². The van der Waals surface area contributed by atoms with E-state index in [4.69, 9.17) is 0 Å². The molecule has 1 heterocycles. The maximum atomic E-state index is 12.8. The first kappa shape index (κ1) is 16.0. The van der Waals surface area contributed by atoms with Crippen molar-refractivity contribution in [2.45, 2.75) is 26.6 Å². The van der Waals surface area contributed by atoms with Crippen molar-refractivity contribution in [3.05, 3.63) is 17.5 Å². The molecule has 0 atom stereocenters. The first-order chi connectivity index (χ1) is 8.90. The van der Waals surface area contributed by atoms with Crippen molar-refractivity contribution in [1.29, 1.82) is 0 Å². The standard InChI is InChI=1S/C12H21F3N4/c1-4-19(5-2)7-6-16-8-10-9-17-18(3)11(10)12(13,14)15/h9,16H,4-8H2,1-3H3. The molecule has 0 unspecified atom stereocenters. The number of halogens is 3. The van der Waals surface area contributed by atoms with Crippen LogP contribution in [-0.4, -0.2) is 40.9 Å². The zero-order chi connectivity index (χ0) is 14.5. The number of hydrogen-bond donors (Lipinski definition) is 1. The van der Waals surface area contributed by atoms with Gasteiger partial charge in [0.2, 0.25) is 0 Å². The second-order valence-electron chi connectivity index (χ2n) is 4.34. The third-order valence-electron chi connectivity index (χ3n) is 3.10. The molecule has 1 aromatic heterocycles. The molecule has 1 aromatic rings. The highest BCUT2D eigenvalue weighted by Gasteiger charge is 2.36. The zero-order valence-corrected chi connectivity index (χ0v) is 11.6. The van der Waals surface area contributed by atoms with Crippen LogP contribution in [-0.2, 0) is 19.8 Å². The van der Waals surface area contributed by atoms with Gasteiger partial charge in [0.25, 0.3) is 0 Å². The Morgan fingerprint density at radius 1 is 1.32 bits per heavy atom. The number of aromatic nitrogens is 2. The van der Waals surface area contributed by atoms with Gasteiger partial charge in [-0.15, -0.1) is 0 Å². The molecule has 7 heteroatoms. The Morgan fingerprint density at radius 2 is 1.95 bits per heavy atom. The quantitative estimate of drug-likeness (QED) is 0.773. The Morgan fingerprint density at radius 3 is 2.47 bits per heavy atom. The summed E-state index contributed by atoms with van der Waals surface area (Å²) in [6, 6.07) is 0. The Bertz CT molecular complexity index is 383. The van der Waals surface area contributed by atoms with Crippen molar-refractivity contribution in [1.82, 2.24) is 20.0 Å². The molecule has 0 amide bonds. The molecule has 0 aliphatic rings. The van der Waals surface area contributed by atoms with Gasteiger partial charge < -0.3 is 10.2 Å². The van der Waals surface area contributed by atoms with Gasteiger partial charge in [0.15, 0.2) is 0 Å². The predicted molar refractivity (Wildman–Crippen MR) is 67.7 cm³/mol. The van der Waals surface area contributed by atoms with Crippen LogP contribution in [0.4, 0.5) is 13.2 Å². The van der Waals surface area contributed by atoms with E-state index in [0.29, 0.717) is 6.54 Å². The molecule has 1 N–H and O–H groups in total. The number of nitrogens with one attached hydrogen (secondary N) is 1. The van der Waals surface area contributed by atoms with Crippen molar-refractivity contribution >= 4 is 0 Å². The maximum Gasteiger partial charge on any atom is 0.433 e. The summed E-state index contributed by atoms with van der Waals surface area (Å²) in [5.41, 5.74) is -0.489. The first-order valence-electron chi connectivity index (χ1n) is 6.41. The summed E-state index contributed by atoms with van der Waals surface area (Å²) < 4.78 is 39.3. The summed E-state index contributed by atoms with van der Waals surface area (Å²) in [4.78, 5) is 2.21. The van der Waals surface area contributed by atoms with Crippen molar-refractivity contribution in [2.24, 2.45) is 7.05 Å². The van der Waals surface area contributed by atoms with Crippen LogP contribution in [0.15, 0.2) is 6.20 Å². The molecule has 0 aliphatic carbocycles. The highest BCUT2D eigenvalue weighted by Crippen LogP contribution is 2.31. The first-order valence-corrected chi connectivity index (χ1v) is 6.41. The molecule has 110 valence electrons. The van der Waals surface area contributed by atoms with E-state index >= 15 is 0 Å². The lowest BCUT2D eigenvalue weighted by Gasteiger charge is -2.18. The van der Waals surface area contributed by atoms with E-state index in [2.05, 4.69) is 29.2 Å². The predicted octanol–water partition coefficient (Wildman–Crippen LogP) is 1.87. The number of hydrogen-bond acceptors (Lipinski definition) is 3. The second-order valence-corrected chi connectivity index (χ2v) is 4.34. The highest BCUT2D eigenvalue weighted by atomic mass is 19.4. The van der Waals surface area contributed by atoms with Gasteiger partial charge in [0, 0.05) is 32.2 Å². The SMILES string of the molecule is CCN(CC)CCNCc1cnn(C)c1C(F)(F)F. The monoisotopic (exact) mass is 278 g/mol. The molecule has 4 nitrogen and oxygen atoms in total. The molecular weight excluding hydrogens is 257 g/mol. The van der Waals surface area contributed by atoms with Crippen LogP contribution < -0.4 is 5.32 Å². The fourth-order valence-electron chi connectivity index (χ4n) is 1.98. The van der Waals surface area contributed by atoms with Crippen molar-refractivity contribution < 1.29 is 13.2 Å². The van der Waals surface area contributed by atoms with E-state index in [9.17, 15) is 13.2 Å². The average molecular weight is 278 g/mol. The van der Waals surface area contributed by atoms with Crippen molar-refractivity contribution in [3.63, 3.8) is 0 Å². The number of likely N-dealkylation sites (N-methyl/N-ethyl adjacent to an activating group) is 1. The highest BCUT2D eigenvalue weighted by molar-refractivity contribution is 5.20. The maximum absolute atomic E-state index is 12.8. The number of rotatable bonds is 7. The number of aryl methyl sites for hydroxylation is 1. The summed E-state index contributed by atoms with van der Waals surface area (Å²) in [5, 5.41) is 6.71. The molecule has 0 radical (unpaired) electrons. The summed E-state index contributed by atoms with van der Waals surface area (Å²) in [7, 11) is 1.31. The van der Waals surface area contributed by atoms with E-state index < -0.39 is 11.9 Å². The minimum atomic E-state index is -4.36. The number of alkyl halides is 3. The fraction of sp³-hybridized carbons (Fsp3) is 0.750. The Labute approximate surface area is 111 Å². The largest absolute Gasteiger partial charge is 0.433 e. The van der Waals surface area contributed by atoms with Gasteiger partial charge in [-0.3, -0.25) is 4.68 Å². The van der Waals surface area contributed by atoms with Gasteiger partial charge in [-0.25, -0.2) is 0 Å². The average Bonchev–Trinajstić information content (AvgIpc) is 2.70. The van der Waals surface area contributed by atoms with Crippen molar-refractivity contribution in [2.75, 3.05) is 26.2 Å². The van der Waals surface area contributed by atoms with Gasteiger partial charge in [-0.2, -0.15) is 18.3 Å². The molecule has 0 fully saturated rings. The molecule has 0 saturated heterocycles. The lowest BCUT2D eigenvalue weighted by Crippen LogP contribution is -2.32. The smallest absolute Gasteiger partial charge is 0.311 e. The molecule has 0 aromatic carbocycles. The summed E-state index contributed by atoms with van der Waals surface area (Å²) in [5.74, 6) is 0. The van der Waals surface area contributed by atoms with E-state index in [1.807, 2.05) is 0 Å². The van der Waals surface area contributed by atoms with Gasteiger partial charge >= 0.3 is 6.18 Å². The van der Waals surface area contributed by atoms with E-state index in [-0.39, 0.29) is 12.1 Å². The van der Waals surface area contributed by atoms with E-state index in [1.165, 1.54) is 13.2 Å². The molecule has 19 heavy (non-hydrogen) atoms. The molecule has 0 bridgehead atoms. The third kappa shape index (κ3) is 4.50. The van der Waals surface area contributed by atoms with Crippen LogP contribution in [0.25, 0.3) is 0 Å². The van der Waals surface area contributed by atoms with Gasteiger partial charge in [-0.1, -0.05) is 13.8 Å². The molecule has 0 saturated carbocycles. The minimum Gasteiger partial charge on any atom is -0.311 e. The van der Waals surface area contributed by atoms with Crippen LogP contribution >= 0.6 is 0 Å². The minimum absolute atomic E-state index is 0.184. The van der Waals surface area contributed by atoms with Gasteiger partial charge in [0.05, 0.1) is 6.20 Å². The van der Waals surface area contributed by atoms with Gasteiger partial charge in [-0.05, 0) is 13.1 Å². The lowest BCUT2D eigenvalue weighted by molar-refractivity contribution is -0.144. The normalized spacial score (nSPS) is 12.4. The zero-order valence-electron chi connectivity index (χ0n) is 11.6. The second kappa shape index (κ2) is 6.91. The number of nitrogens with zero attached hydrogens (tertiary/aromatic N) is 3. The summed E-state index contributed by atoms with van der Waals surface area (Å²) >= 11 is 0.